The second-order valence-corrected chi connectivity index (χ2v) is 9.48. The number of hydrogen-bond acceptors (Lipinski definition) is 5. The average molecular weight is 497 g/mol. The Hall–Kier alpha value is -3.19. The van der Waals surface area contributed by atoms with E-state index >= 15 is 0 Å². The number of likely N-dealkylation sites (tertiary alicyclic amines) is 1. The molecule has 0 aromatic heterocycles. The Labute approximate surface area is 213 Å². The van der Waals surface area contributed by atoms with Crippen LogP contribution in [0, 0.1) is 11.7 Å². The Morgan fingerprint density at radius 1 is 1.11 bits per heavy atom. The Bertz CT molecular complexity index is 1080. The van der Waals surface area contributed by atoms with Gasteiger partial charge in [0, 0.05) is 12.1 Å². The van der Waals surface area contributed by atoms with Crippen LogP contribution >= 0.6 is 0 Å². The summed E-state index contributed by atoms with van der Waals surface area (Å²) in [6.45, 7) is 11.9. The van der Waals surface area contributed by atoms with Crippen molar-refractivity contribution in [3.05, 3.63) is 71.0 Å². The number of nitrogens with zero attached hydrogens (tertiary/aromatic N) is 2. The van der Waals surface area contributed by atoms with Crippen molar-refractivity contribution in [2.75, 3.05) is 32.8 Å². The van der Waals surface area contributed by atoms with Crippen LogP contribution in [0.25, 0.3) is 5.76 Å². The van der Waals surface area contributed by atoms with Gasteiger partial charge in [0.25, 0.3) is 11.7 Å². The second-order valence-electron chi connectivity index (χ2n) is 9.48. The van der Waals surface area contributed by atoms with Crippen molar-refractivity contribution in [1.29, 1.82) is 0 Å². The lowest BCUT2D eigenvalue weighted by Gasteiger charge is -2.27. The smallest absolute Gasteiger partial charge is 0.295 e. The molecule has 7 heteroatoms. The van der Waals surface area contributed by atoms with Gasteiger partial charge in [0.1, 0.15) is 17.3 Å². The molecule has 1 aliphatic rings. The first-order valence-corrected chi connectivity index (χ1v) is 12.8. The molecule has 1 saturated heterocycles. The quantitative estimate of drug-likeness (QED) is 0.242. The molecule has 0 bridgehead atoms. The van der Waals surface area contributed by atoms with E-state index in [2.05, 4.69) is 32.6 Å². The Morgan fingerprint density at radius 3 is 2.44 bits per heavy atom. The normalized spacial score (nSPS) is 17.4. The van der Waals surface area contributed by atoms with Crippen LogP contribution in [0.15, 0.2) is 54.1 Å². The molecule has 3 rings (SSSR count). The maximum atomic E-state index is 13.5. The van der Waals surface area contributed by atoms with Gasteiger partial charge in [-0.05, 0) is 80.4 Å². The van der Waals surface area contributed by atoms with E-state index in [0.29, 0.717) is 36.8 Å². The van der Waals surface area contributed by atoms with Gasteiger partial charge in [0.15, 0.2) is 0 Å². The molecule has 194 valence electrons. The number of aliphatic hydroxyl groups excluding tert-OH is 1. The highest BCUT2D eigenvalue weighted by atomic mass is 19.1. The molecule has 1 N–H and O–H groups in total. The van der Waals surface area contributed by atoms with E-state index in [9.17, 15) is 19.1 Å². The first kappa shape index (κ1) is 27.4. The van der Waals surface area contributed by atoms with E-state index in [4.69, 9.17) is 4.74 Å². The van der Waals surface area contributed by atoms with Crippen molar-refractivity contribution in [3.8, 4) is 5.75 Å². The van der Waals surface area contributed by atoms with E-state index in [-0.39, 0.29) is 16.9 Å². The third-order valence-electron chi connectivity index (χ3n) is 6.56. The van der Waals surface area contributed by atoms with Gasteiger partial charge in [-0.3, -0.25) is 9.59 Å². The summed E-state index contributed by atoms with van der Waals surface area (Å²) < 4.78 is 19.4. The zero-order chi connectivity index (χ0) is 26.2. The van der Waals surface area contributed by atoms with Crippen LogP contribution in [0.5, 0.6) is 5.75 Å². The minimum Gasteiger partial charge on any atom is -0.507 e. The molecule has 1 atom stereocenters. The molecule has 1 amide bonds. The number of ketones is 1. The molecule has 0 spiro atoms. The SMILES string of the molecule is CCN(CC)CCCN1C(=O)C(=O)C(=C(O)c2ccc(F)cc2)C1c1cccc(OCCC(C)C)c1. The standard InChI is InChI=1S/C29H37FN2O4/c1-5-31(6-2)16-8-17-32-26(22-9-7-10-24(19-22)36-18-15-20(3)4)25(28(34)29(32)35)27(33)21-11-13-23(30)14-12-21/h7,9-14,19-20,26,33H,5-6,8,15-18H2,1-4H3. The summed E-state index contributed by atoms with van der Waals surface area (Å²) in [6.07, 6.45) is 1.59. The highest BCUT2D eigenvalue weighted by Crippen LogP contribution is 2.40. The van der Waals surface area contributed by atoms with Crippen molar-refractivity contribution in [1.82, 2.24) is 9.80 Å². The zero-order valence-corrected chi connectivity index (χ0v) is 21.7. The summed E-state index contributed by atoms with van der Waals surface area (Å²) in [5.41, 5.74) is 0.975. The van der Waals surface area contributed by atoms with Gasteiger partial charge in [-0.15, -0.1) is 0 Å². The highest BCUT2D eigenvalue weighted by molar-refractivity contribution is 6.46. The van der Waals surface area contributed by atoms with Gasteiger partial charge in [0.05, 0.1) is 18.2 Å². The van der Waals surface area contributed by atoms with Crippen molar-refractivity contribution in [2.24, 2.45) is 5.92 Å². The van der Waals surface area contributed by atoms with Gasteiger partial charge in [-0.2, -0.15) is 0 Å². The number of halogens is 1. The van der Waals surface area contributed by atoms with Gasteiger partial charge >= 0.3 is 0 Å². The lowest BCUT2D eigenvalue weighted by atomic mass is 9.95. The average Bonchev–Trinajstić information content (AvgIpc) is 3.11. The lowest BCUT2D eigenvalue weighted by molar-refractivity contribution is -0.140. The molecule has 1 unspecified atom stereocenters. The number of carbonyl (C=O) groups is 2. The van der Waals surface area contributed by atoms with Crippen molar-refractivity contribution in [3.63, 3.8) is 0 Å². The van der Waals surface area contributed by atoms with E-state index < -0.39 is 23.5 Å². The molecule has 1 heterocycles. The van der Waals surface area contributed by atoms with Crippen LogP contribution in [0.2, 0.25) is 0 Å². The molecule has 0 radical (unpaired) electrons. The van der Waals surface area contributed by atoms with Crippen LogP contribution < -0.4 is 4.74 Å². The van der Waals surface area contributed by atoms with Gasteiger partial charge in [-0.25, -0.2) is 4.39 Å². The predicted octanol–water partition coefficient (Wildman–Crippen LogP) is 5.40. The highest BCUT2D eigenvalue weighted by Gasteiger charge is 2.45. The number of amides is 1. The molecule has 0 aliphatic carbocycles. The minimum atomic E-state index is -0.764. The van der Waals surface area contributed by atoms with E-state index in [1.807, 2.05) is 24.3 Å². The topological polar surface area (TPSA) is 70.1 Å². The van der Waals surface area contributed by atoms with Crippen LogP contribution in [0.1, 0.15) is 57.7 Å². The maximum Gasteiger partial charge on any atom is 0.295 e. The van der Waals surface area contributed by atoms with Crippen LogP contribution in [-0.2, 0) is 9.59 Å². The Kier molecular flexibility index (Phi) is 9.65. The summed E-state index contributed by atoms with van der Waals surface area (Å²) in [5.74, 6) is -1.00. The zero-order valence-electron chi connectivity index (χ0n) is 21.7. The Morgan fingerprint density at radius 2 is 1.81 bits per heavy atom. The largest absolute Gasteiger partial charge is 0.507 e. The number of benzene rings is 2. The molecule has 36 heavy (non-hydrogen) atoms. The summed E-state index contributed by atoms with van der Waals surface area (Å²) >= 11 is 0. The molecule has 2 aromatic rings. The van der Waals surface area contributed by atoms with Gasteiger partial charge in [0.2, 0.25) is 0 Å². The number of rotatable bonds is 12. The third kappa shape index (κ3) is 6.52. The molecular weight excluding hydrogens is 459 g/mol. The van der Waals surface area contributed by atoms with Crippen LogP contribution in [-0.4, -0.2) is 59.4 Å². The lowest BCUT2D eigenvalue weighted by Crippen LogP contribution is -2.33. The summed E-state index contributed by atoms with van der Waals surface area (Å²) in [4.78, 5) is 30.2. The van der Waals surface area contributed by atoms with Gasteiger partial charge < -0.3 is 19.6 Å². The molecule has 1 aliphatic heterocycles. The van der Waals surface area contributed by atoms with Crippen LogP contribution in [0.4, 0.5) is 4.39 Å². The predicted molar refractivity (Wildman–Crippen MR) is 139 cm³/mol. The van der Waals surface area contributed by atoms with Crippen molar-refractivity contribution in [2.45, 2.75) is 46.6 Å². The fourth-order valence-corrected chi connectivity index (χ4v) is 4.41. The summed E-state index contributed by atoms with van der Waals surface area (Å²) in [6, 6.07) is 11.8. The Balaban J connectivity index is 1.99. The first-order chi connectivity index (χ1) is 17.3. The number of carbonyl (C=O) groups excluding carboxylic acids is 2. The minimum absolute atomic E-state index is 0.00813. The number of Topliss-reactive ketones (excluding diaryl/α,β-unsaturated/α-hetero) is 1. The molecular formula is C29H37FN2O4. The number of hydrogen-bond donors (Lipinski definition) is 1. The van der Waals surface area contributed by atoms with Crippen molar-refractivity contribution < 1.29 is 23.8 Å². The first-order valence-electron chi connectivity index (χ1n) is 12.8. The monoisotopic (exact) mass is 496 g/mol. The third-order valence-corrected chi connectivity index (χ3v) is 6.56. The van der Waals surface area contributed by atoms with E-state index in [0.717, 1.165) is 26.1 Å². The summed E-state index contributed by atoms with van der Waals surface area (Å²) in [7, 11) is 0. The number of ether oxygens (including phenoxy) is 1. The maximum absolute atomic E-state index is 13.5. The molecule has 1 fully saturated rings. The van der Waals surface area contributed by atoms with Crippen LogP contribution in [0.3, 0.4) is 0 Å². The van der Waals surface area contributed by atoms with Crippen molar-refractivity contribution >= 4 is 17.4 Å². The van der Waals surface area contributed by atoms with Gasteiger partial charge in [-0.1, -0.05) is 39.8 Å². The summed E-state index contributed by atoms with van der Waals surface area (Å²) in [5, 5.41) is 11.1. The molecule has 6 nitrogen and oxygen atoms in total. The number of aliphatic hydroxyl groups is 1. The fourth-order valence-electron chi connectivity index (χ4n) is 4.41. The second kappa shape index (κ2) is 12.7. The van der Waals surface area contributed by atoms with E-state index in [1.54, 1.807) is 0 Å². The van der Waals surface area contributed by atoms with E-state index in [1.165, 1.54) is 29.2 Å². The molecule has 0 saturated carbocycles. The molecule has 2 aromatic carbocycles. The fraction of sp³-hybridized carbons (Fsp3) is 0.448.